The van der Waals surface area contributed by atoms with Crippen LogP contribution < -0.4 is 4.74 Å². The topological polar surface area (TPSA) is 68.2 Å². The van der Waals surface area contributed by atoms with E-state index in [1.807, 2.05) is 45.9 Å². The van der Waals surface area contributed by atoms with E-state index in [9.17, 15) is 0 Å². The molecule has 0 unspecified atom stereocenters. The molecule has 172 valence electrons. The van der Waals surface area contributed by atoms with Crippen molar-refractivity contribution in [3.63, 3.8) is 0 Å². The highest BCUT2D eigenvalue weighted by molar-refractivity contribution is 5.29. The van der Waals surface area contributed by atoms with Gasteiger partial charge in [0.1, 0.15) is 12.4 Å². The number of ether oxygens (including phenoxy) is 1. The Morgan fingerprint density at radius 3 is 1.63 bits per heavy atom. The summed E-state index contributed by atoms with van der Waals surface area (Å²) < 4.78 is 5.81. The smallest absolute Gasteiger partial charge is 0.119 e. The predicted octanol–water partition coefficient (Wildman–Crippen LogP) is 7.12. The quantitative estimate of drug-likeness (QED) is 0.397. The second kappa shape index (κ2) is 19.1. The fraction of sp³-hybridized carbons (Fsp3) is 0.520. The maximum Gasteiger partial charge on any atom is 0.119 e. The van der Waals surface area contributed by atoms with E-state index < -0.39 is 0 Å². The number of benzene rings is 2. The first-order chi connectivity index (χ1) is 14.5. The van der Waals surface area contributed by atoms with Crippen LogP contribution in [0.3, 0.4) is 0 Å². The van der Waals surface area contributed by atoms with Gasteiger partial charge in [0.25, 0.3) is 0 Å². The monoisotopic (exact) mass is 422 g/mol. The summed E-state index contributed by atoms with van der Waals surface area (Å²) in [6, 6.07) is 18.9. The van der Waals surface area contributed by atoms with Crippen molar-refractivity contribution in [1.82, 2.24) is 0 Å². The predicted molar refractivity (Wildman–Crippen MR) is 125 cm³/mol. The Kier molecular flexibility index (Phi) is 19.2. The zero-order valence-corrected chi connectivity index (χ0v) is 20.0. The van der Waals surface area contributed by atoms with Crippen LogP contribution in [0, 0.1) is 11.3 Å². The third-order valence-corrected chi connectivity index (χ3v) is 4.37. The van der Waals surface area contributed by atoms with Crippen molar-refractivity contribution in [3.8, 4) is 5.75 Å². The Morgan fingerprint density at radius 1 is 0.800 bits per heavy atom. The molecule has 0 aliphatic heterocycles. The second-order valence-electron chi connectivity index (χ2n) is 6.88. The second-order valence-corrected chi connectivity index (χ2v) is 6.88. The van der Waals surface area contributed by atoms with Gasteiger partial charge in [0.2, 0.25) is 0 Å². The van der Waals surface area contributed by atoms with Crippen molar-refractivity contribution in [1.29, 1.82) is 0 Å². The fourth-order valence-electron chi connectivity index (χ4n) is 2.67. The van der Waals surface area contributed by atoms with Crippen LogP contribution >= 0.6 is 0 Å². The molecule has 0 radical (unpaired) electrons. The van der Waals surface area contributed by atoms with Gasteiger partial charge in [-0.25, -0.2) is 9.78 Å². The minimum atomic E-state index is 0.558. The van der Waals surface area contributed by atoms with Crippen LogP contribution in [-0.2, 0) is 22.8 Å². The maximum atomic E-state index is 7.07. The summed E-state index contributed by atoms with van der Waals surface area (Å²) in [6.45, 7) is 13.3. The van der Waals surface area contributed by atoms with Gasteiger partial charge in [-0.05, 0) is 47.4 Å². The summed E-state index contributed by atoms with van der Waals surface area (Å²) in [4.78, 5) is 6.50. The van der Waals surface area contributed by atoms with Crippen molar-refractivity contribution in [2.24, 2.45) is 11.3 Å². The van der Waals surface area contributed by atoms with Crippen molar-refractivity contribution in [3.05, 3.63) is 65.7 Å². The van der Waals surface area contributed by atoms with Gasteiger partial charge in [-0.2, -0.15) is 0 Å². The first-order valence-electron chi connectivity index (χ1n) is 10.6. The molecule has 30 heavy (non-hydrogen) atoms. The van der Waals surface area contributed by atoms with Gasteiger partial charge in [-0.3, -0.25) is 10.5 Å². The van der Waals surface area contributed by atoms with Gasteiger partial charge in [0.15, 0.2) is 0 Å². The molecule has 5 heteroatoms. The van der Waals surface area contributed by atoms with Crippen LogP contribution in [0.25, 0.3) is 0 Å². The van der Waals surface area contributed by atoms with Crippen LogP contribution in [0.2, 0.25) is 0 Å². The summed E-state index contributed by atoms with van der Waals surface area (Å²) >= 11 is 0. The molecule has 1 aliphatic carbocycles. The summed E-state index contributed by atoms with van der Waals surface area (Å²) in [5.74, 6) is 1.81. The first-order valence-corrected chi connectivity index (χ1v) is 10.6. The molecule has 2 N–H and O–H groups in total. The average Bonchev–Trinajstić information content (AvgIpc) is 3.38. The van der Waals surface area contributed by atoms with E-state index in [0.29, 0.717) is 12.0 Å². The van der Waals surface area contributed by atoms with Gasteiger partial charge in [-0.15, -0.1) is 0 Å². The van der Waals surface area contributed by atoms with E-state index in [1.165, 1.54) is 38.2 Å². The molecule has 5 nitrogen and oxygen atoms in total. The number of rotatable bonds is 5. The van der Waals surface area contributed by atoms with Crippen LogP contribution in [0.15, 0.2) is 54.6 Å². The van der Waals surface area contributed by atoms with Crippen molar-refractivity contribution < 1.29 is 25.0 Å². The minimum absolute atomic E-state index is 0.558. The lowest BCUT2D eigenvalue weighted by Crippen LogP contribution is -1.97. The summed E-state index contributed by atoms with van der Waals surface area (Å²) in [7, 11) is 2.36. The molecule has 1 atom stereocenters. The SMILES string of the molecule is CC.CC.CC1(C)C[C@@H]1Cc1ccc(OCc2ccccc2)cc1.COO.COO. The molecule has 0 saturated heterocycles. The molecule has 2 aromatic rings. The lowest BCUT2D eigenvalue weighted by molar-refractivity contribution is -0.215. The van der Waals surface area contributed by atoms with Crippen molar-refractivity contribution in [2.45, 2.75) is 61.0 Å². The van der Waals surface area contributed by atoms with Gasteiger partial charge >= 0.3 is 0 Å². The molecule has 1 fully saturated rings. The Hall–Kier alpha value is -1.92. The molecular formula is C25H42O5. The lowest BCUT2D eigenvalue weighted by Gasteiger charge is -2.08. The summed E-state index contributed by atoms with van der Waals surface area (Å²) in [6.07, 6.45) is 2.56. The summed E-state index contributed by atoms with van der Waals surface area (Å²) in [5.41, 5.74) is 3.19. The molecule has 0 heterocycles. The van der Waals surface area contributed by atoms with E-state index in [2.05, 4.69) is 60.0 Å². The Bertz CT molecular complexity index is 595. The first kappa shape index (κ1) is 30.3. The van der Waals surface area contributed by atoms with Crippen molar-refractivity contribution in [2.75, 3.05) is 14.2 Å². The van der Waals surface area contributed by atoms with Gasteiger partial charge in [0, 0.05) is 0 Å². The van der Waals surface area contributed by atoms with E-state index in [-0.39, 0.29) is 0 Å². The highest BCUT2D eigenvalue weighted by Gasteiger charge is 2.44. The Balaban J connectivity index is 0. The third-order valence-electron chi connectivity index (χ3n) is 4.37. The molecule has 1 aliphatic rings. The molecule has 2 aromatic carbocycles. The van der Waals surface area contributed by atoms with E-state index >= 15 is 0 Å². The largest absolute Gasteiger partial charge is 0.489 e. The maximum absolute atomic E-state index is 7.07. The highest BCUT2D eigenvalue weighted by atomic mass is 17.1. The van der Waals surface area contributed by atoms with Gasteiger partial charge < -0.3 is 4.74 Å². The van der Waals surface area contributed by atoms with Crippen LogP contribution in [0.5, 0.6) is 5.75 Å². The lowest BCUT2D eigenvalue weighted by atomic mass is 10.0. The molecule has 1 saturated carbocycles. The molecule has 0 spiro atoms. The third kappa shape index (κ3) is 14.1. The Morgan fingerprint density at radius 2 is 1.23 bits per heavy atom. The van der Waals surface area contributed by atoms with Crippen LogP contribution in [-0.4, -0.2) is 24.7 Å². The highest BCUT2D eigenvalue weighted by Crippen LogP contribution is 2.53. The fourth-order valence-corrected chi connectivity index (χ4v) is 2.67. The van der Waals surface area contributed by atoms with Crippen LogP contribution in [0.1, 0.15) is 59.1 Å². The minimum Gasteiger partial charge on any atom is -0.489 e. The van der Waals surface area contributed by atoms with Crippen LogP contribution in [0.4, 0.5) is 0 Å². The van der Waals surface area contributed by atoms with Gasteiger partial charge in [-0.1, -0.05) is 84.0 Å². The molecule has 0 bridgehead atoms. The molecular weight excluding hydrogens is 380 g/mol. The Labute approximate surface area is 183 Å². The summed E-state index contributed by atoms with van der Waals surface area (Å²) in [5, 5.41) is 14.1. The van der Waals surface area contributed by atoms with E-state index in [0.717, 1.165) is 11.7 Å². The molecule has 3 rings (SSSR count). The van der Waals surface area contributed by atoms with E-state index in [1.54, 1.807) is 0 Å². The number of hydrogen-bond donors (Lipinski definition) is 2. The van der Waals surface area contributed by atoms with E-state index in [4.69, 9.17) is 15.3 Å². The zero-order valence-electron chi connectivity index (χ0n) is 20.0. The molecule has 0 amide bonds. The molecule has 0 aromatic heterocycles. The standard InChI is InChI=1S/C19H22O.2C2H6.2CH4O2/c1-19(2)13-17(19)12-15-8-10-18(11-9-15)20-14-16-6-4-3-5-7-16;2*1-2;2*1-3-2/h3-11,17H,12-14H2,1-2H3;2*1-2H3;2*2H,1H3/t17-;;;;/m0..../s1. The number of hydrogen-bond acceptors (Lipinski definition) is 5. The zero-order chi connectivity index (χ0) is 23.4. The van der Waals surface area contributed by atoms with Gasteiger partial charge in [0.05, 0.1) is 14.2 Å². The van der Waals surface area contributed by atoms with Crippen molar-refractivity contribution >= 4 is 0 Å². The normalized spacial score (nSPS) is 14.7. The average molecular weight is 423 g/mol.